The first-order valence-electron chi connectivity index (χ1n) is 5.85. The van der Waals surface area contributed by atoms with Gasteiger partial charge in [-0.25, -0.2) is 4.90 Å². The molecule has 0 saturated carbocycles. The van der Waals surface area contributed by atoms with Gasteiger partial charge in [-0.05, 0) is 24.3 Å². The van der Waals surface area contributed by atoms with Crippen LogP contribution in [0, 0.1) is 0 Å². The number of imide groups is 1. The van der Waals surface area contributed by atoms with E-state index in [1.165, 1.54) is 7.11 Å². The predicted molar refractivity (Wildman–Crippen MR) is 71.4 cm³/mol. The number of carboxylic acid groups (broad SMARTS) is 1. The summed E-state index contributed by atoms with van der Waals surface area (Å²) in [5, 5.41) is 9.75. The zero-order valence-corrected chi connectivity index (χ0v) is 11.5. The molecule has 1 aromatic carbocycles. The highest BCUT2D eigenvalue weighted by atomic mass is 32.2. The second-order valence-electron chi connectivity index (χ2n) is 4.14. The highest BCUT2D eigenvalue weighted by Crippen LogP contribution is 2.30. The van der Waals surface area contributed by atoms with Crippen LogP contribution in [0.1, 0.15) is 6.42 Å². The van der Waals surface area contributed by atoms with Crippen LogP contribution in [0.2, 0.25) is 0 Å². The Morgan fingerprint density at radius 2 is 2.05 bits per heavy atom. The first kappa shape index (κ1) is 14.4. The number of hydrogen-bond donors (Lipinski definition) is 0. The maximum atomic E-state index is 12.1. The number of carbonyl (C=O) groups excluding carboxylic acids is 3. The van der Waals surface area contributed by atoms with Gasteiger partial charge in [-0.2, -0.15) is 0 Å². The van der Waals surface area contributed by atoms with Gasteiger partial charge in [-0.15, -0.1) is 11.8 Å². The van der Waals surface area contributed by atoms with Crippen LogP contribution >= 0.6 is 11.8 Å². The molecule has 1 fully saturated rings. The highest BCUT2D eigenvalue weighted by molar-refractivity contribution is 8.01. The molecule has 2 rings (SSSR count). The quantitative estimate of drug-likeness (QED) is 0.700. The van der Waals surface area contributed by atoms with Crippen molar-refractivity contribution in [2.75, 3.05) is 17.8 Å². The minimum Gasteiger partial charge on any atom is -0.549 e. The second kappa shape index (κ2) is 5.96. The first-order chi connectivity index (χ1) is 9.52. The van der Waals surface area contributed by atoms with Gasteiger partial charge in [0.2, 0.25) is 11.8 Å². The number of carbonyl (C=O) groups is 3. The molecular formula is C13H12NO5S-. The van der Waals surface area contributed by atoms with Crippen molar-refractivity contribution in [2.24, 2.45) is 0 Å². The summed E-state index contributed by atoms with van der Waals surface area (Å²) in [4.78, 5) is 35.5. The molecule has 1 aliphatic rings. The molecule has 7 heteroatoms. The Morgan fingerprint density at radius 3 is 2.60 bits per heavy atom. The Balaban J connectivity index is 2.13. The lowest BCUT2D eigenvalue weighted by Gasteiger charge is -2.15. The molecule has 0 radical (unpaired) electrons. The van der Waals surface area contributed by atoms with Crippen LogP contribution in [-0.2, 0) is 14.4 Å². The lowest BCUT2D eigenvalue weighted by atomic mass is 10.3. The van der Waals surface area contributed by atoms with E-state index in [4.69, 9.17) is 4.74 Å². The molecule has 0 spiro atoms. The Morgan fingerprint density at radius 1 is 1.40 bits per heavy atom. The number of methoxy groups -OCH3 is 1. The largest absolute Gasteiger partial charge is 0.549 e. The third-order valence-corrected chi connectivity index (χ3v) is 4.01. The van der Waals surface area contributed by atoms with Crippen molar-refractivity contribution in [2.45, 2.75) is 11.7 Å². The van der Waals surface area contributed by atoms with Gasteiger partial charge in [0.25, 0.3) is 0 Å². The molecule has 0 bridgehead atoms. The normalized spacial score (nSPS) is 18.4. The van der Waals surface area contributed by atoms with Gasteiger partial charge < -0.3 is 14.6 Å². The molecule has 2 amide bonds. The monoisotopic (exact) mass is 294 g/mol. The molecule has 1 heterocycles. The average molecular weight is 294 g/mol. The number of anilines is 1. The number of carboxylic acids is 1. The molecular weight excluding hydrogens is 282 g/mol. The van der Waals surface area contributed by atoms with Crippen LogP contribution in [0.3, 0.4) is 0 Å². The SMILES string of the molecule is COc1ccc(N2C(=O)C[C@H](SCC(=O)[O-])C2=O)cc1. The highest BCUT2D eigenvalue weighted by Gasteiger charge is 2.39. The molecule has 0 aliphatic carbocycles. The Bertz CT molecular complexity index is 542. The van der Waals surface area contributed by atoms with Crippen LogP contribution in [0.25, 0.3) is 0 Å². The molecule has 106 valence electrons. The zero-order chi connectivity index (χ0) is 14.7. The third kappa shape index (κ3) is 2.93. The number of ether oxygens (including phenoxy) is 1. The number of amides is 2. The Hall–Kier alpha value is -2.02. The number of aliphatic carboxylic acids is 1. The number of benzene rings is 1. The van der Waals surface area contributed by atoms with E-state index in [-0.39, 0.29) is 18.1 Å². The summed E-state index contributed by atoms with van der Waals surface area (Å²) in [5.41, 5.74) is 0.456. The zero-order valence-electron chi connectivity index (χ0n) is 10.7. The van der Waals surface area contributed by atoms with Crippen molar-refractivity contribution < 1.29 is 24.2 Å². The summed E-state index contributed by atoms with van der Waals surface area (Å²) in [6.07, 6.45) is 0.00279. The molecule has 1 aliphatic heterocycles. The van der Waals surface area contributed by atoms with Crippen molar-refractivity contribution >= 4 is 35.2 Å². The number of rotatable bonds is 5. The molecule has 0 unspecified atom stereocenters. The summed E-state index contributed by atoms with van der Waals surface area (Å²) in [6.45, 7) is 0. The van der Waals surface area contributed by atoms with Gasteiger partial charge in [-0.1, -0.05) is 0 Å². The summed E-state index contributed by atoms with van der Waals surface area (Å²) < 4.78 is 5.01. The van der Waals surface area contributed by atoms with E-state index in [0.717, 1.165) is 16.7 Å². The van der Waals surface area contributed by atoms with Gasteiger partial charge >= 0.3 is 0 Å². The lowest BCUT2D eigenvalue weighted by molar-refractivity contribution is -0.301. The standard InChI is InChI=1S/C13H13NO5S/c1-19-9-4-2-8(3-5-9)14-11(15)6-10(13(14)18)20-7-12(16)17/h2-5,10H,6-7H2,1H3,(H,16,17)/p-1/t10-/m0/s1. The molecule has 1 aromatic rings. The molecule has 1 saturated heterocycles. The minimum atomic E-state index is -1.25. The van der Waals surface area contributed by atoms with E-state index in [9.17, 15) is 19.5 Å². The van der Waals surface area contributed by atoms with E-state index in [2.05, 4.69) is 0 Å². The van der Waals surface area contributed by atoms with E-state index in [1.807, 2.05) is 0 Å². The van der Waals surface area contributed by atoms with Crippen molar-refractivity contribution in [3.05, 3.63) is 24.3 Å². The minimum absolute atomic E-state index is 0.00279. The van der Waals surface area contributed by atoms with Crippen LogP contribution < -0.4 is 14.7 Å². The maximum absolute atomic E-state index is 12.1. The van der Waals surface area contributed by atoms with Gasteiger partial charge in [0, 0.05) is 12.2 Å². The summed E-state index contributed by atoms with van der Waals surface area (Å²) in [5.74, 6) is -1.67. The van der Waals surface area contributed by atoms with Gasteiger partial charge in [0.1, 0.15) is 5.75 Å². The van der Waals surface area contributed by atoms with Crippen molar-refractivity contribution in [1.82, 2.24) is 0 Å². The predicted octanol–water partition coefficient (Wildman–Crippen LogP) is -0.190. The molecule has 6 nitrogen and oxygen atoms in total. The van der Waals surface area contributed by atoms with Gasteiger partial charge in [0.05, 0.1) is 24.0 Å². The van der Waals surface area contributed by atoms with Crippen LogP contribution in [0.4, 0.5) is 5.69 Å². The molecule has 20 heavy (non-hydrogen) atoms. The smallest absolute Gasteiger partial charge is 0.247 e. The maximum Gasteiger partial charge on any atom is 0.247 e. The first-order valence-corrected chi connectivity index (χ1v) is 6.90. The Kier molecular flexibility index (Phi) is 4.29. The summed E-state index contributed by atoms with van der Waals surface area (Å²) in [7, 11) is 1.52. The van der Waals surface area contributed by atoms with Crippen LogP contribution in [-0.4, -0.2) is 35.9 Å². The van der Waals surface area contributed by atoms with Crippen LogP contribution in [0.5, 0.6) is 5.75 Å². The summed E-state index contributed by atoms with van der Waals surface area (Å²) >= 11 is 0.911. The number of hydrogen-bond acceptors (Lipinski definition) is 6. The fourth-order valence-electron chi connectivity index (χ4n) is 1.91. The van der Waals surface area contributed by atoms with Gasteiger partial charge in [-0.3, -0.25) is 9.59 Å². The second-order valence-corrected chi connectivity index (χ2v) is 5.33. The van der Waals surface area contributed by atoms with E-state index >= 15 is 0 Å². The number of thioether (sulfide) groups is 1. The van der Waals surface area contributed by atoms with Gasteiger partial charge in [0.15, 0.2) is 0 Å². The fraction of sp³-hybridized carbons (Fsp3) is 0.308. The number of nitrogens with zero attached hydrogens (tertiary/aromatic N) is 1. The Labute approximate surface area is 119 Å². The summed E-state index contributed by atoms with van der Waals surface area (Å²) in [6, 6.07) is 6.52. The average Bonchev–Trinajstić information content (AvgIpc) is 2.71. The van der Waals surface area contributed by atoms with Crippen molar-refractivity contribution in [3.8, 4) is 5.75 Å². The van der Waals surface area contributed by atoms with E-state index in [1.54, 1.807) is 24.3 Å². The van der Waals surface area contributed by atoms with E-state index < -0.39 is 17.1 Å². The molecule has 0 N–H and O–H groups in total. The van der Waals surface area contributed by atoms with Crippen molar-refractivity contribution in [3.63, 3.8) is 0 Å². The third-order valence-electron chi connectivity index (χ3n) is 2.84. The topological polar surface area (TPSA) is 86.7 Å². The van der Waals surface area contributed by atoms with Crippen LogP contribution in [0.15, 0.2) is 24.3 Å². The lowest BCUT2D eigenvalue weighted by Crippen LogP contribution is -2.32. The van der Waals surface area contributed by atoms with Crippen molar-refractivity contribution in [1.29, 1.82) is 0 Å². The fourth-order valence-corrected chi connectivity index (χ4v) is 2.75. The molecule has 0 aromatic heterocycles. The van der Waals surface area contributed by atoms with E-state index in [0.29, 0.717) is 11.4 Å². The molecule has 1 atom stereocenters.